The highest BCUT2D eigenvalue weighted by atomic mass is 32.2. The van der Waals surface area contributed by atoms with Crippen molar-refractivity contribution >= 4 is 15.7 Å². The third-order valence-corrected chi connectivity index (χ3v) is 6.97. The molecule has 0 spiro atoms. The largest absolute Gasteiger partial charge is 0.398 e. The van der Waals surface area contributed by atoms with Crippen molar-refractivity contribution in [3.05, 3.63) is 23.8 Å². The van der Waals surface area contributed by atoms with Crippen LogP contribution in [0.4, 0.5) is 5.69 Å². The monoisotopic (exact) mass is 308 g/mol. The van der Waals surface area contributed by atoms with Crippen LogP contribution < -0.4 is 5.73 Å². The quantitative estimate of drug-likeness (QED) is 0.873. The fourth-order valence-corrected chi connectivity index (χ4v) is 5.69. The average Bonchev–Trinajstić information content (AvgIpc) is 2.95. The average molecular weight is 308 g/mol. The van der Waals surface area contributed by atoms with Crippen molar-refractivity contribution in [2.75, 3.05) is 12.3 Å². The number of fused-ring (bicyclic) bond motifs is 1. The number of benzene rings is 1. The topological polar surface area (TPSA) is 63.4 Å². The van der Waals surface area contributed by atoms with Crippen LogP contribution in [0.1, 0.15) is 44.6 Å². The molecule has 2 unspecified atom stereocenters. The van der Waals surface area contributed by atoms with E-state index in [0.717, 1.165) is 31.2 Å². The van der Waals surface area contributed by atoms with Gasteiger partial charge in [-0.3, -0.25) is 0 Å². The van der Waals surface area contributed by atoms with E-state index in [1.54, 1.807) is 16.4 Å². The van der Waals surface area contributed by atoms with Gasteiger partial charge in [0.1, 0.15) is 0 Å². The minimum absolute atomic E-state index is 0.204. The van der Waals surface area contributed by atoms with Crippen molar-refractivity contribution < 1.29 is 8.42 Å². The Morgan fingerprint density at radius 2 is 2.00 bits per heavy atom. The summed E-state index contributed by atoms with van der Waals surface area (Å²) < 4.78 is 27.6. The Balaban J connectivity index is 1.94. The zero-order chi connectivity index (χ0) is 15.0. The first-order chi connectivity index (χ1) is 10.0. The Kier molecular flexibility index (Phi) is 3.97. The molecule has 1 aromatic carbocycles. The van der Waals surface area contributed by atoms with Crippen LogP contribution in [0.5, 0.6) is 0 Å². The maximum Gasteiger partial charge on any atom is 0.243 e. The summed E-state index contributed by atoms with van der Waals surface area (Å²) in [6.45, 7) is 2.67. The van der Waals surface area contributed by atoms with Gasteiger partial charge in [-0.05, 0) is 55.7 Å². The van der Waals surface area contributed by atoms with Gasteiger partial charge in [0.05, 0.1) is 4.90 Å². The zero-order valence-electron chi connectivity index (χ0n) is 12.6. The highest BCUT2D eigenvalue weighted by molar-refractivity contribution is 7.89. The fraction of sp³-hybridized carbons (Fsp3) is 0.625. The molecule has 0 aromatic heterocycles. The second-order valence-electron chi connectivity index (χ2n) is 6.23. The fourth-order valence-electron chi connectivity index (χ4n) is 3.90. The Morgan fingerprint density at radius 1 is 1.24 bits per heavy atom. The Morgan fingerprint density at radius 3 is 2.71 bits per heavy atom. The van der Waals surface area contributed by atoms with Crippen molar-refractivity contribution in [2.45, 2.75) is 56.4 Å². The first kappa shape index (κ1) is 14.9. The molecule has 2 N–H and O–H groups in total. The van der Waals surface area contributed by atoms with Gasteiger partial charge in [-0.2, -0.15) is 4.31 Å². The number of nitrogen functional groups attached to an aromatic ring is 1. The Hall–Kier alpha value is -1.07. The van der Waals surface area contributed by atoms with Gasteiger partial charge in [0, 0.05) is 18.3 Å². The first-order valence-electron chi connectivity index (χ1n) is 7.94. The number of anilines is 1. The Bertz CT molecular complexity index is 627. The molecule has 1 aliphatic carbocycles. The van der Waals surface area contributed by atoms with Crippen LogP contribution in [0.25, 0.3) is 0 Å². The van der Waals surface area contributed by atoms with Crippen LogP contribution in [0, 0.1) is 5.92 Å². The lowest BCUT2D eigenvalue weighted by Crippen LogP contribution is -2.46. The summed E-state index contributed by atoms with van der Waals surface area (Å²) in [5, 5.41) is 0. The number of piperidine rings is 1. The molecule has 0 radical (unpaired) electrons. The molecule has 3 rings (SSSR count). The lowest BCUT2D eigenvalue weighted by molar-refractivity contribution is 0.202. The highest BCUT2D eigenvalue weighted by Crippen LogP contribution is 2.39. The standard InChI is InChI=1S/C16H24N2O2S/c1-2-12-8-9-14(11-15(12)17)21(19,20)18-10-4-6-13-5-3-7-16(13)18/h8-9,11,13,16H,2-7,10,17H2,1H3. The molecule has 5 heteroatoms. The van der Waals surface area contributed by atoms with Gasteiger partial charge < -0.3 is 5.73 Å². The first-order valence-corrected chi connectivity index (χ1v) is 9.38. The van der Waals surface area contributed by atoms with Crippen molar-refractivity contribution in [3.8, 4) is 0 Å². The molecule has 0 amide bonds. The third kappa shape index (κ3) is 2.57. The molecule has 2 atom stereocenters. The van der Waals surface area contributed by atoms with Gasteiger partial charge in [-0.15, -0.1) is 0 Å². The lowest BCUT2D eigenvalue weighted by Gasteiger charge is -2.36. The van der Waals surface area contributed by atoms with E-state index in [9.17, 15) is 8.42 Å². The lowest BCUT2D eigenvalue weighted by atomic mass is 9.94. The van der Waals surface area contributed by atoms with E-state index in [-0.39, 0.29) is 6.04 Å². The molecule has 116 valence electrons. The molecule has 4 nitrogen and oxygen atoms in total. The van der Waals surface area contributed by atoms with Crippen molar-refractivity contribution in [2.24, 2.45) is 5.92 Å². The van der Waals surface area contributed by atoms with E-state index in [4.69, 9.17) is 5.73 Å². The SMILES string of the molecule is CCc1ccc(S(=O)(=O)N2CCCC3CCCC32)cc1N. The van der Waals surface area contributed by atoms with Crippen LogP contribution in [0.2, 0.25) is 0 Å². The van der Waals surface area contributed by atoms with Crippen LogP contribution in [-0.4, -0.2) is 25.3 Å². The van der Waals surface area contributed by atoms with Crippen LogP contribution in [-0.2, 0) is 16.4 Å². The van der Waals surface area contributed by atoms with Crippen molar-refractivity contribution in [1.29, 1.82) is 0 Å². The van der Waals surface area contributed by atoms with Gasteiger partial charge in [0.25, 0.3) is 0 Å². The number of nitrogens with zero attached hydrogens (tertiary/aromatic N) is 1. The summed E-state index contributed by atoms with van der Waals surface area (Å²) in [6, 6.07) is 5.39. The van der Waals surface area contributed by atoms with Crippen molar-refractivity contribution in [3.63, 3.8) is 0 Å². The van der Waals surface area contributed by atoms with Gasteiger partial charge in [0.15, 0.2) is 0 Å². The second kappa shape index (κ2) is 5.61. The number of hydrogen-bond donors (Lipinski definition) is 1. The van der Waals surface area contributed by atoms with Gasteiger partial charge in [-0.25, -0.2) is 8.42 Å². The molecular formula is C16H24N2O2S. The molecule has 1 saturated heterocycles. The molecule has 21 heavy (non-hydrogen) atoms. The second-order valence-corrected chi connectivity index (χ2v) is 8.12. The molecule has 1 aliphatic heterocycles. The summed E-state index contributed by atoms with van der Waals surface area (Å²) in [4.78, 5) is 0.352. The van der Waals surface area contributed by atoms with E-state index in [1.807, 2.05) is 13.0 Å². The summed E-state index contributed by atoms with van der Waals surface area (Å²) >= 11 is 0. The van der Waals surface area contributed by atoms with Crippen LogP contribution in [0.15, 0.2) is 23.1 Å². The molecule has 2 fully saturated rings. The molecule has 2 aliphatic rings. The summed E-state index contributed by atoms with van der Waals surface area (Å²) in [6.07, 6.45) is 6.30. The maximum absolute atomic E-state index is 13.0. The van der Waals surface area contributed by atoms with E-state index < -0.39 is 10.0 Å². The number of nitrogens with two attached hydrogens (primary N) is 1. The van der Waals surface area contributed by atoms with E-state index in [2.05, 4.69) is 0 Å². The molecule has 0 bridgehead atoms. The van der Waals surface area contributed by atoms with Gasteiger partial charge in [-0.1, -0.05) is 19.4 Å². The smallest absolute Gasteiger partial charge is 0.243 e. The van der Waals surface area contributed by atoms with Crippen LogP contribution >= 0.6 is 0 Å². The van der Waals surface area contributed by atoms with Gasteiger partial charge in [0.2, 0.25) is 10.0 Å². The minimum Gasteiger partial charge on any atom is -0.398 e. The van der Waals surface area contributed by atoms with Gasteiger partial charge >= 0.3 is 0 Å². The summed E-state index contributed by atoms with van der Waals surface area (Å²) in [5.41, 5.74) is 7.57. The zero-order valence-corrected chi connectivity index (χ0v) is 13.4. The predicted octanol–water partition coefficient (Wildman–Crippen LogP) is 2.78. The number of sulfonamides is 1. The third-order valence-electron chi connectivity index (χ3n) is 5.05. The molecule has 1 heterocycles. The number of rotatable bonds is 3. The summed E-state index contributed by atoms with van der Waals surface area (Å²) in [7, 11) is -3.41. The number of aryl methyl sites for hydroxylation is 1. The van der Waals surface area contributed by atoms with E-state index in [0.29, 0.717) is 23.0 Å². The predicted molar refractivity (Wildman–Crippen MR) is 84.5 cm³/mol. The van der Waals surface area contributed by atoms with E-state index >= 15 is 0 Å². The highest BCUT2D eigenvalue weighted by Gasteiger charge is 2.41. The van der Waals surface area contributed by atoms with E-state index in [1.165, 1.54) is 12.8 Å². The molecular weight excluding hydrogens is 284 g/mol. The minimum atomic E-state index is -3.41. The normalized spacial score (nSPS) is 26.7. The molecule has 1 saturated carbocycles. The maximum atomic E-state index is 13.0. The van der Waals surface area contributed by atoms with Crippen LogP contribution in [0.3, 0.4) is 0 Å². The Labute approximate surface area is 127 Å². The number of hydrogen-bond acceptors (Lipinski definition) is 3. The van der Waals surface area contributed by atoms with Crippen molar-refractivity contribution in [1.82, 2.24) is 4.31 Å². The summed E-state index contributed by atoms with van der Waals surface area (Å²) in [5.74, 6) is 0.556. The molecule has 1 aromatic rings.